The first-order chi connectivity index (χ1) is 14.6. The first-order valence-electron chi connectivity index (χ1n) is 8.94. The molecule has 0 amide bonds. The topological polar surface area (TPSA) is 39.9 Å². The lowest BCUT2D eigenvalue weighted by Crippen LogP contribution is -2.16. The molecule has 4 aromatic rings. The summed E-state index contributed by atoms with van der Waals surface area (Å²) in [6, 6.07) is 10.0. The summed E-state index contributed by atoms with van der Waals surface area (Å²) < 4.78 is 56.8. The summed E-state index contributed by atoms with van der Waals surface area (Å²) in [6.45, 7) is 1.88. The first-order valence-corrected chi connectivity index (χ1v) is 10.2. The summed E-state index contributed by atoms with van der Waals surface area (Å²) in [5.74, 6) is -0.109. The molecule has 0 aliphatic heterocycles. The molecule has 0 bridgehead atoms. The molecule has 4 nitrogen and oxygen atoms in total. The van der Waals surface area contributed by atoms with Gasteiger partial charge in [0.25, 0.3) is 0 Å². The van der Waals surface area contributed by atoms with Crippen molar-refractivity contribution < 1.29 is 22.3 Å². The Labute approximate surface area is 183 Å². The maximum atomic E-state index is 14.3. The van der Waals surface area contributed by atoms with E-state index in [1.807, 2.05) is 12.3 Å². The van der Waals surface area contributed by atoms with Crippen molar-refractivity contribution in [2.24, 2.45) is 7.05 Å². The molecular weight excluding hydrogens is 454 g/mol. The van der Waals surface area contributed by atoms with Crippen LogP contribution >= 0.6 is 22.9 Å². The maximum Gasteiger partial charge on any atom is 0.573 e. The van der Waals surface area contributed by atoms with Crippen molar-refractivity contribution in [1.82, 2.24) is 14.8 Å². The monoisotopic (exact) mass is 467 g/mol. The minimum atomic E-state index is -4.74. The number of thiophene rings is 1. The van der Waals surface area contributed by atoms with E-state index in [2.05, 4.69) is 14.8 Å². The lowest BCUT2D eigenvalue weighted by Gasteiger charge is -2.09. The molecule has 0 fully saturated rings. The van der Waals surface area contributed by atoms with Crippen molar-refractivity contribution in [3.05, 3.63) is 64.2 Å². The molecule has 4 rings (SSSR count). The fraction of sp³-hybridized carbons (Fsp3) is 0.143. The van der Waals surface area contributed by atoms with E-state index in [4.69, 9.17) is 11.6 Å². The van der Waals surface area contributed by atoms with Crippen LogP contribution in [0, 0.1) is 12.7 Å². The molecule has 0 spiro atoms. The fourth-order valence-corrected chi connectivity index (χ4v) is 4.52. The van der Waals surface area contributed by atoms with Gasteiger partial charge in [0, 0.05) is 7.05 Å². The third-order valence-electron chi connectivity index (χ3n) is 4.59. The predicted octanol–water partition coefficient (Wildman–Crippen LogP) is 6.88. The molecule has 0 aliphatic rings. The zero-order valence-electron chi connectivity index (χ0n) is 16.2. The highest BCUT2D eigenvalue weighted by atomic mass is 35.5. The molecule has 10 heteroatoms. The highest BCUT2D eigenvalue weighted by molar-refractivity contribution is 7.14. The van der Waals surface area contributed by atoms with Crippen LogP contribution in [-0.4, -0.2) is 21.1 Å². The number of benzene rings is 2. The molecule has 2 aromatic heterocycles. The average Bonchev–Trinajstić information content (AvgIpc) is 3.23. The van der Waals surface area contributed by atoms with Crippen LogP contribution in [0.5, 0.6) is 5.75 Å². The smallest absolute Gasteiger partial charge is 0.406 e. The molecular formula is C21H14ClF4N3OS. The van der Waals surface area contributed by atoms with Gasteiger partial charge in [-0.1, -0.05) is 29.8 Å². The molecule has 2 heterocycles. The van der Waals surface area contributed by atoms with Gasteiger partial charge in [-0.3, -0.25) is 0 Å². The summed E-state index contributed by atoms with van der Waals surface area (Å²) in [6.07, 6.45) is -4.74. The molecule has 0 saturated carbocycles. The van der Waals surface area contributed by atoms with E-state index in [1.54, 1.807) is 29.9 Å². The quantitative estimate of drug-likeness (QED) is 0.307. The molecule has 0 saturated heterocycles. The Morgan fingerprint density at radius 1 is 1.10 bits per heavy atom. The summed E-state index contributed by atoms with van der Waals surface area (Å²) in [5, 5.41) is 6.41. The fourth-order valence-electron chi connectivity index (χ4n) is 3.16. The van der Waals surface area contributed by atoms with Gasteiger partial charge < -0.3 is 4.74 Å². The predicted molar refractivity (Wildman–Crippen MR) is 112 cm³/mol. The largest absolute Gasteiger partial charge is 0.573 e. The number of aromatic nitrogens is 3. The second-order valence-electron chi connectivity index (χ2n) is 6.65. The third-order valence-corrected chi connectivity index (χ3v) is 5.98. The number of hydrogen-bond donors (Lipinski definition) is 0. The number of nitrogens with zero attached hydrogens (tertiary/aromatic N) is 3. The van der Waals surface area contributed by atoms with Crippen molar-refractivity contribution >= 4 is 22.9 Å². The minimum Gasteiger partial charge on any atom is -0.406 e. The van der Waals surface area contributed by atoms with Crippen LogP contribution < -0.4 is 4.74 Å². The highest BCUT2D eigenvalue weighted by Gasteiger charge is 2.31. The molecule has 0 radical (unpaired) electrons. The van der Waals surface area contributed by atoms with Crippen LogP contribution in [0.4, 0.5) is 17.6 Å². The van der Waals surface area contributed by atoms with Crippen LogP contribution in [0.3, 0.4) is 0 Å². The third kappa shape index (κ3) is 4.28. The normalized spacial score (nSPS) is 11.7. The number of alkyl halides is 3. The van der Waals surface area contributed by atoms with E-state index in [0.29, 0.717) is 5.82 Å². The Hall–Kier alpha value is -2.91. The van der Waals surface area contributed by atoms with Crippen LogP contribution in [0.2, 0.25) is 5.02 Å². The lowest BCUT2D eigenvalue weighted by molar-refractivity contribution is -0.274. The van der Waals surface area contributed by atoms with Crippen molar-refractivity contribution in [3.63, 3.8) is 0 Å². The van der Waals surface area contributed by atoms with E-state index in [-0.39, 0.29) is 22.2 Å². The van der Waals surface area contributed by atoms with E-state index in [1.165, 1.54) is 35.6 Å². The van der Waals surface area contributed by atoms with Crippen molar-refractivity contribution in [1.29, 1.82) is 0 Å². The van der Waals surface area contributed by atoms with E-state index >= 15 is 0 Å². The van der Waals surface area contributed by atoms with Gasteiger partial charge >= 0.3 is 6.36 Å². The number of aryl methyl sites for hydroxylation is 1. The van der Waals surface area contributed by atoms with Crippen LogP contribution in [-0.2, 0) is 7.05 Å². The van der Waals surface area contributed by atoms with Crippen LogP contribution in [0.25, 0.3) is 33.2 Å². The van der Waals surface area contributed by atoms with E-state index in [0.717, 1.165) is 21.6 Å². The summed E-state index contributed by atoms with van der Waals surface area (Å²) in [7, 11) is 1.70. The zero-order chi connectivity index (χ0) is 22.3. The second-order valence-corrected chi connectivity index (χ2v) is 7.94. The van der Waals surface area contributed by atoms with Gasteiger partial charge in [-0.2, -0.15) is 5.10 Å². The molecule has 2 aromatic carbocycles. The SMILES string of the molecule is Cc1c(-c2ccc(OC(F)(F)F)cc2)csc1-c1nc(-c2c(F)cccc2Cl)nn1C. The van der Waals surface area contributed by atoms with E-state index in [9.17, 15) is 17.6 Å². The van der Waals surface area contributed by atoms with Gasteiger partial charge in [0.1, 0.15) is 11.6 Å². The minimum absolute atomic E-state index is 0.126. The van der Waals surface area contributed by atoms with Gasteiger partial charge in [-0.15, -0.1) is 24.5 Å². The van der Waals surface area contributed by atoms with Gasteiger partial charge in [-0.05, 0) is 53.3 Å². The van der Waals surface area contributed by atoms with Gasteiger partial charge in [0.05, 0.1) is 15.5 Å². The number of rotatable bonds is 4. The summed E-state index contributed by atoms with van der Waals surface area (Å²) in [5.41, 5.74) is 2.57. The molecule has 0 atom stereocenters. The Bertz CT molecular complexity index is 1230. The summed E-state index contributed by atoms with van der Waals surface area (Å²) in [4.78, 5) is 5.29. The number of hydrogen-bond acceptors (Lipinski definition) is 4. The lowest BCUT2D eigenvalue weighted by atomic mass is 10.0. The second kappa shape index (κ2) is 7.97. The van der Waals surface area contributed by atoms with Gasteiger partial charge in [-0.25, -0.2) is 14.1 Å². The Kier molecular flexibility index (Phi) is 5.49. The van der Waals surface area contributed by atoms with Crippen LogP contribution in [0.15, 0.2) is 47.8 Å². The van der Waals surface area contributed by atoms with E-state index < -0.39 is 12.2 Å². The maximum absolute atomic E-state index is 14.3. The zero-order valence-corrected chi connectivity index (χ0v) is 17.7. The molecule has 0 aliphatic carbocycles. The summed E-state index contributed by atoms with van der Waals surface area (Å²) >= 11 is 7.54. The van der Waals surface area contributed by atoms with Crippen LogP contribution in [0.1, 0.15) is 5.56 Å². The van der Waals surface area contributed by atoms with Crippen molar-refractivity contribution in [2.75, 3.05) is 0 Å². The first kappa shape index (κ1) is 21.3. The molecule has 31 heavy (non-hydrogen) atoms. The number of halogens is 5. The Morgan fingerprint density at radius 2 is 1.81 bits per heavy atom. The standard InChI is InChI=1S/C21H14ClF4N3OS/c1-11-14(12-6-8-13(9-7-12)30-21(24,25)26)10-31-18(11)20-27-19(28-29(20)2)17-15(22)4-3-5-16(17)23/h3-10H,1-2H3. The van der Waals surface area contributed by atoms with Crippen molar-refractivity contribution in [3.8, 4) is 39.0 Å². The van der Waals surface area contributed by atoms with Crippen molar-refractivity contribution in [2.45, 2.75) is 13.3 Å². The highest BCUT2D eigenvalue weighted by Crippen LogP contribution is 2.39. The molecule has 0 unspecified atom stereocenters. The van der Waals surface area contributed by atoms with Gasteiger partial charge in [0.2, 0.25) is 0 Å². The molecule has 160 valence electrons. The average molecular weight is 468 g/mol. The number of ether oxygens (including phenoxy) is 1. The Balaban J connectivity index is 1.69. The van der Waals surface area contributed by atoms with Gasteiger partial charge in [0.15, 0.2) is 11.6 Å². The molecule has 0 N–H and O–H groups in total. The Morgan fingerprint density at radius 3 is 2.45 bits per heavy atom.